The molecule has 1 saturated heterocycles. The summed E-state index contributed by atoms with van der Waals surface area (Å²) in [4.78, 5) is 0. The van der Waals surface area contributed by atoms with Gasteiger partial charge in [0, 0.05) is 6.42 Å². The Labute approximate surface area is 99.0 Å². The van der Waals surface area contributed by atoms with Crippen LogP contribution in [0.2, 0.25) is 0 Å². The van der Waals surface area contributed by atoms with Crippen molar-refractivity contribution in [3.8, 4) is 0 Å². The molecule has 1 heterocycles. The van der Waals surface area contributed by atoms with E-state index in [4.69, 9.17) is 9.47 Å². The van der Waals surface area contributed by atoms with Crippen LogP contribution in [0.3, 0.4) is 0 Å². The highest BCUT2D eigenvalue weighted by Crippen LogP contribution is 2.31. The van der Waals surface area contributed by atoms with Crippen LogP contribution in [0.1, 0.15) is 46.0 Å². The molecule has 0 aromatic carbocycles. The van der Waals surface area contributed by atoms with Gasteiger partial charge in [0.2, 0.25) is 0 Å². The maximum absolute atomic E-state index is 5.45. The molecular formula is C14H24O2. The smallest absolute Gasteiger partial charge is 0.158 e. The molecule has 1 fully saturated rings. The van der Waals surface area contributed by atoms with Gasteiger partial charge in [0.15, 0.2) is 6.29 Å². The van der Waals surface area contributed by atoms with Crippen molar-refractivity contribution in [2.75, 3.05) is 13.2 Å². The summed E-state index contributed by atoms with van der Waals surface area (Å²) in [6.45, 7) is 6.23. The fourth-order valence-electron chi connectivity index (χ4n) is 2.62. The Bertz CT molecular complexity index is 239. The van der Waals surface area contributed by atoms with E-state index in [2.05, 4.69) is 19.9 Å². The van der Waals surface area contributed by atoms with Gasteiger partial charge in [0.05, 0.1) is 13.2 Å². The molecule has 0 N–H and O–H groups in total. The molecule has 0 saturated carbocycles. The predicted octanol–water partition coefficient (Wildman–Crippen LogP) is 3.52. The van der Waals surface area contributed by atoms with Gasteiger partial charge in [-0.3, -0.25) is 0 Å². The minimum atomic E-state index is 0.0729. The van der Waals surface area contributed by atoms with E-state index in [-0.39, 0.29) is 6.29 Å². The van der Waals surface area contributed by atoms with Crippen molar-refractivity contribution < 1.29 is 9.47 Å². The van der Waals surface area contributed by atoms with Crippen LogP contribution >= 0.6 is 0 Å². The van der Waals surface area contributed by atoms with E-state index in [1.54, 1.807) is 5.57 Å². The average Bonchev–Trinajstić information content (AvgIpc) is 2.80. The molecule has 0 aromatic rings. The number of ether oxygens (including phenoxy) is 2. The first-order valence-corrected chi connectivity index (χ1v) is 6.67. The second-order valence-corrected chi connectivity index (χ2v) is 5.35. The van der Waals surface area contributed by atoms with Crippen molar-refractivity contribution in [1.82, 2.24) is 0 Å². The molecule has 1 aliphatic carbocycles. The summed E-state index contributed by atoms with van der Waals surface area (Å²) < 4.78 is 10.9. The van der Waals surface area contributed by atoms with E-state index in [1.807, 2.05) is 0 Å². The Hall–Kier alpha value is -0.340. The van der Waals surface area contributed by atoms with E-state index in [0.717, 1.165) is 37.9 Å². The van der Waals surface area contributed by atoms with Gasteiger partial charge in [-0.2, -0.15) is 0 Å². The molecule has 1 atom stereocenters. The maximum atomic E-state index is 5.45. The van der Waals surface area contributed by atoms with Crippen LogP contribution in [0.25, 0.3) is 0 Å². The molecule has 1 unspecified atom stereocenters. The molecule has 0 bridgehead atoms. The van der Waals surface area contributed by atoms with Gasteiger partial charge in [-0.1, -0.05) is 25.5 Å². The van der Waals surface area contributed by atoms with Gasteiger partial charge < -0.3 is 9.47 Å². The summed E-state index contributed by atoms with van der Waals surface area (Å²) in [6, 6.07) is 0. The maximum Gasteiger partial charge on any atom is 0.158 e. The first-order valence-electron chi connectivity index (χ1n) is 6.67. The van der Waals surface area contributed by atoms with Crippen LogP contribution in [0.4, 0.5) is 0 Å². The highest BCUT2D eigenvalue weighted by atomic mass is 16.7. The van der Waals surface area contributed by atoms with Gasteiger partial charge in [-0.25, -0.2) is 0 Å². The molecule has 2 aliphatic rings. The largest absolute Gasteiger partial charge is 0.350 e. The fraction of sp³-hybridized carbons (Fsp3) is 0.857. The zero-order valence-corrected chi connectivity index (χ0v) is 10.6. The van der Waals surface area contributed by atoms with Gasteiger partial charge in [-0.05, 0) is 37.5 Å². The van der Waals surface area contributed by atoms with E-state index in [9.17, 15) is 0 Å². The molecule has 0 spiro atoms. The molecule has 92 valence electrons. The van der Waals surface area contributed by atoms with Crippen molar-refractivity contribution in [2.45, 2.75) is 52.2 Å². The molecule has 16 heavy (non-hydrogen) atoms. The Morgan fingerprint density at radius 2 is 2.06 bits per heavy atom. The summed E-state index contributed by atoms with van der Waals surface area (Å²) in [5.74, 6) is 1.74. The summed E-state index contributed by atoms with van der Waals surface area (Å²) >= 11 is 0. The highest BCUT2D eigenvalue weighted by Gasteiger charge is 2.19. The first-order chi connectivity index (χ1) is 7.75. The van der Waals surface area contributed by atoms with Crippen LogP contribution in [0.15, 0.2) is 11.6 Å². The van der Waals surface area contributed by atoms with Gasteiger partial charge in [-0.15, -0.1) is 0 Å². The van der Waals surface area contributed by atoms with E-state index >= 15 is 0 Å². The van der Waals surface area contributed by atoms with Crippen molar-refractivity contribution in [3.63, 3.8) is 0 Å². The van der Waals surface area contributed by atoms with Crippen molar-refractivity contribution in [3.05, 3.63) is 11.6 Å². The number of rotatable bonds is 4. The molecule has 2 heteroatoms. The van der Waals surface area contributed by atoms with Crippen LogP contribution < -0.4 is 0 Å². The van der Waals surface area contributed by atoms with E-state index in [0.29, 0.717) is 0 Å². The summed E-state index contributed by atoms with van der Waals surface area (Å²) in [7, 11) is 0. The van der Waals surface area contributed by atoms with E-state index < -0.39 is 0 Å². The molecule has 1 aliphatic heterocycles. The lowest BCUT2D eigenvalue weighted by Gasteiger charge is -2.25. The topological polar surface area (TPSA) is 18.5 Å². The standard InChI is InChI=1S/C14H24O2/c1-11(2)13-6-3-12(4-7-13)5-8-14-15-9-10-16-14/h3,11,13-14H,4-10H2,1-2H3. The van der Waals surface area contributed by atoms with Crippen molar-refractivity contribution in [2.24, 2.45) is 11.8 Å². The third-order valence-electron chi connectivity index (χ3n) is 3.88. The van der Waals surface area contributed by atoms with Crippen molar-refractivity contribution >= 4 is 0 Å². The van der Waals surface area contributed by atoms with Crippen LogP contribution in [0, 0.1) is 11.8 Å². The molecular weight excluding hydrogens is 200 g/mol. The number of hydrogen-bond acceptors (Lipinski definition) is 2. The zero-order valence-electron chi connectivity index (χ0n) is 10.6. The zero-order chi connectivity index (χ0) is 11.4. The van der Waals surface area contributed by atoms with Crippen LogP contribution in [-0.4, -0.2) is 19.5 Å². The molecule has 0 radical (unpaired) electrons. The number of hydrogen-bond donors (Lipinski definition) is 0. The minimum Gasteiger partial charge on any atom is -0.350 e. The summed E-state index contributed by atoms with van der Waals surface area (Å²) in [6.07, 6.45) is 8.67. The number of allylic oxidation sites excluding steroid dienone is 2. The summed E-state index contributed by atoms with van der Waals surface area (Å²) in [5.41, 5.74) is 1.62. The lowest BCUT2D eigenvalue weighted by Crippen LogP contribution is -2.13. The SMILES string of the molecule is CC(C)C1CC=C(CCC2OCCO2)CC1. The Morgan fingerprint density at radius 3 is 2.62 bits per heavy atom. The molecule has 0 aromatic heterocycles. The minimum absolute atomic E-state index is 0.0729. The average molecular weight is 224 g/mol. The Morgan fingerprint density at radius 1 is 1.31 bits per heavy atom. The van der Waals surface area contributed by atoms with Crippen molar-refractivity contribution in [1.29, 1.82) is 0 Å². The lowest BCUT2D eigenvalue weighted by atomic mass is 9.81. The van der Waals surface area contributed by atoms with Gasteiger partial charge in [0.25, 0.3) is 0 Å². The lowest BCUT2D eigenvalue weighted by molar-refractivity contribution is -0.0463. The predicted molar refractivity (Wildman–Crippen MR) is 65.2 cm³/mol. The highest BCUT2D eigenvalue weighted by molar-refractivity contribution is 5.06. The monoisotopic (exact) mass is 224 g/mol. The quantitative estimate of drug-likeness (QED) is 0.680. The second-order valence-electron chi connectivity index (χ2n) is 5.35. The Kier molecular flexibility index (Phi) is 4.42. The third-order valence-corrected chi connectivity index (χ3v) is 3.88. The first kappa shape index (κ1) is 12.1. The summed E-state index contributed by atoms with van der Waals surface area (Å²) in [5, 5.41) is 0. The third kappa shape index (κ3) is 3.33. The van der Waals surface area contributed by atoms with Gasteiger partial charge in [0.1, 0.15) is 0 Å². The molecule has 0 amide bonds. The van der Waals surface area contributed by atoms with E-state index in [1.165, 1.54) is 19.3 Å². The normalized spacial score (nSPS) is 27.4. The van der Waals surface area contributed by atoms with Gasteiger partial charge >= 0.3 is 0 Å². The molecule has 2 nitrogen and oxygen atoms in total. The van der Waals surface area contributed by atoms with Crippen LogP contribution in [-0.2, 0) is 9.47 Å². The fourth-order valence-corrected chi connectivity index (χ4v) is 2.62. The second kappa shape index (κ2) is 5.83. The molecule has 2 rings (SSSR count). The Balaban J connectivity index is 1.70. The van der Waals surface area contributed by atoms with Crippen LogP contribution in [0.5, 0.6) is 0 Å².